The third-order valence-corrected chi connectivity index (χ3v) is 2.41. The van der Waals surface area contributed by atoms with Crippen molar-refractivity contribution < 1.29 is 0 Å². The van der Waals surface area contributed by atoms with Gasteiger partial charge in [0.2, 0.25) is 0 Å². The average molecular weight is 217 g/mol. The van der Waals surface area contributed by atoms with Crippen LogP contribution in [-0.4, -0.2) is 21.7 Å². The SMILES string of the molecule is Cn1ccc(CC(CCCCl)NN)n1. The lowest BCUT2D eigenvalue weighted by molar-refractivity contribution is 0.480. The molecule has 0 radical (unpaired) electrons. The topological polar surface area (TPSA) is 55.9 Å². The summed E-state index contributed by atoms with van der Waals surface area (Å²) in [6.45, 7) is 0. The van der Waals surface area contributed by atoms with Crippen LogP contribution in [0.15, 0.2) is 12.3 Å². The van der Waals surface area contributed by atoms with Gasteiger partial charge in [0.25, 0.3) is 0 Å². The highest BCUT2D eigenvalue weighted by Gasteiger charge is 2.08. The fourth-order valence-electron chi connectivity index (χ4n) is 1.39. The molecule has 0 bridgehead atoms. The first-order valence-corrected chi connectivity index (χ1v) is 5.30. The smallest absolute Gasteiger partial charge is 0.0640 e. The number of aromatic nitrogens is 2. The van der Waals surface area contributed by atoms with Crippen molar-refractivity contribution in [3.05, 3.63) is 18.0 Å². The van der Waals surface area contributed by atoms with Crippen molar-refractivity contribution in [1.29, 1.82) is 0 Å². The van der Waals surface area contributed by atoms with Crippen LogP contribution in [0.25, 0.3) is 0 Å². The van der Waals surface area contributed by atoms with Gasteiger partial charge in [-0.2, -0.15) is 5.10 Å². The second-order valence-electron chi connectivity index (χ2n) is 3.38. The molecule has 0 spiro atoms. The number of hydrazine groups is 1. The Labute approximate surface area is 89.4 Å². The van der Waals surface area contributed by atoms with Gasteiger partial charge in [0, 0.05) is 31.6 Å². The van der Waals surface area contributed by atoms with E-state index in [0.29, 0.717) is 5.88 Å². The molecule has 0 aliphatic rings. The molecule has 0 aliphatic heterocycles. The van der Waals surface area contributed by atoms with Crippen LogP contribution in [0.1, 0.15) is 18.5 Å². The molecule has 0 aromatic carbocycles. The quantitative estimate of drug-likeness (QED) is 0.421. The number of nitrogens with two attached hydrogens (primary N) is 1. The lowest BCUT2D eigenvalue weighted by Gasteiger charge is -2.13. The molecule has 0 amide bonds. The van der Waals surface area contributed by atoms with Gasteiger partial charge in [-0.25, -0.2) is 0 Å². The molecule has 0 saturated carbocycles. The second kappa shape index (κ2) is 6.01. The Balaban J connectivity index is 2.40. The Kier molecular flexibility index (Phi) is 4.93. The van der Waals surface area contributed by atoms with Crippen LogP contribution in [0, 0.1) is 0 Å². The predicted molar refractivity (Wildman–Crippen MR) is 58.0 cm³/mol. The molecule has 1 rings (SSSR count). The molecule has 5 heteroatoms. The van der Waals surface area contributed by atoms with Gasteiger partial charge in [0.1, 0.15) is 0 Å². The number of alkyl halides is 1. The van der Waals surface area contributed by atoms with Crippen molar-refractivity contribution in [3.63, 3.8) is 0 Å². The molecule has 1 aromatic rings. The van der Waals surface area contributed by atoms with E-state index in [1.165, 1.54) is 0 Å². The zero-order valence-corrected chi connectivity index (χ0v) is 9.17. The maximum Gasteiger partial charge on any atom is 0.0640 e. The van der Waals surface area contributed by atoms with Gasteiger partial charge < -0.3 is 0 Å². The molecule has 0 fully saturated rings. The number of nitrogens with one attached hydrogen (secondary N) is 1. The first kappa shape index (κ1) is 11.5. The van der Waals surface area contributed by atoms with Crippen LogP contribution in [0.4, 0.5) is 0 Å². The van der Waals surface area contributed by atoms with E-state index in [9.17, 15) is 0 Å². The van der Waals surface area contributed by atoms with E-state index in [1.54, 1.807) is 4.68 Å². The maximum absolute atomic E-state index is 5.62. The van der Waals surface area contributed by atoms with E-state index in [1.807, 2.05) is 19.3 Å². The van der Waals surface area contributed by atoms with Gasteiger partial charge in [0.15, 0.2) is 0 Å². The zero-order chi connectivity index (χ0) is 10.4. The van der Waals surface area contributed by atoms with Crippen LogP contribution in [0.2, 0.25) is 0 Å². The molecule has 1 aromatic heterocycles. The van der Waals surface area contributed by atoms with Crippen molar-refractivity contribution >= 4 is 11.6 Å². The van der Waals surface area contributed by atoms with Crippen LogP contribution in [0.5, 0.6) is 0 Å². The number of hydrogen-bond donors (Lipinski definition) is 2. The first-order valence-electron chi connectivity index (χ1n) is 4.77. The van der Waals surface area contributed by atoms with E-state index in [-0.39, 0.29) is 6.04 Å². The van der Waals surface area contributed by atoms with Crippen LogP contribution < -0.4 is 11.3 Å². The van der Waals surface area contributed by atoms with Crippen LogP contribution >= 0.6 is 11.6 Å². The van der Waals surface area contributed by atoms with E-state index in [2.05, 4.69) is 10.5 Å². The average Bonchev–Trinajstić information content (AvgIpc) is 2.58. The molecule has 1 atom stereocenters. The summed E-state index contributed by atoms with van der Waals surface area (Å²) < 4.78 is 1.80. The van der Waals surface area contributed by atoms with E-state index in [0.717, 1.165) is 25.0 Å². The van der Waals surface area contributed by atoms with Crippen molar-refractivity contribution in [3.8, 4) is 0 Å². The summed E-state index contributed by atoms with van der Waals surface area (Å²) in [5, 5.41) is 4.29. The van der Waals surface area contributed by atoms with Crippen molar-refractivity contribution in [1.82, 2.24) is 15.2 Å². The van der Waals surface area contributed by atoms with Gasteiger partial charge in [-0.1, -0.05) is 0 Å². The molecular formula is C9H17ClN4. The summed E-state index contributed by atoms with van der Waals surface area (Å²) in [4.78, 5) is 0. The lowest BCUT2D eigenvalue weighted by atomic mass is 10.1. The molecule has 80 valence electrons. The van der Waals surface area contributed by atoms with Crippen molar-refractivity contribution in [2.45, 2.75) is 25.3 Å². The molecule has 1 unspecified atom stereocenters. The van der Waals surface area contributed by atoms with Gasteiger partial charge in [-0.05, 0) is 18.9 Å². The highest BCUT2D eigenvalue weighted by atomic mass is 35.5. The molecule has 1 heterocycles. The van der Waals surface area contributed by atoms with Crippen LogP contribution in [-0.2, 0) is 13.5 Å². The standard InChI is InChI=1S/C9H17ClN4/c1-14-6-4-9(13-14)7-8(12-11)3-2-5-10/h4,6,8,12H,2-3,5,7,11H2,1H3. The zero-order valence-electron chi connectivity index (χ0n) is 8.41. The molecule has 4 nitrogen and oxygen atoms in total. The predicted octanol–water partition coefficient (Wildman–Crippen LogP) is 0.814. The van der Waals surface area contributed by atoms with Crippen molar-refractivity contribution in [2.24, 2.45) is 12.9 Å². The number of rotatable bonds is 6. The minimum atomic E-state index is 0.267. The third-order valence-electron chi connectivity index (χ3n) is 2.15. The minimum absolute atomic E-state index is 0.267. The van der Waals surface area contributed by atoms with Gasteiger partial charge in [0.05, 0.1) is 5.69 Å². The Morgan fingerprint density at radius 1 is 1.71 bits per heavy atom. The molecule has 0 aliphatic carbocycles. The van der Waals surface area contributed by atoms with Crippen LogP contribution in [0.3, 0.4) is 0 Å². The fourth-order valence-corrected chi connectivity index (χ4v) is 1.55. The molecular weight excluding hydrogens is 200 g/mol. The van der Waals surface area contributed by atoms with E-state index in [4.69, 9.17) is 17.4 Å². The monoisotopic (exact) mass is 216 g/mol. The minimum Gasteiger partial charge on any atom is -0.276 e. The number of halogens is 1. The fraction of sp³-hybridized carbons (Fsp3) is 0.667. The largest absolute Gasteiger partial charge is 0.276 e. The third kappa shape index (κ3) is 3.65. The Hall–Kier alpha value is -0.580. The van der Waals surface area contributed by atoms with E-state index < -0.39 is 0 Å². The summed E-state index contributed by atoms with van der Waals surface area (Å²) in [5.74, 6) is 6.12. The Bertz CT molecular complexity index is 261. The van der Waals surface area contributed by atoms with Gasteiger partial charge in [-0.3, -0.25) is 16.0 Å². The van der Waals surface area contributed by atoms with E-state index >= 15 is 0 Å². The summed E-state index contributed by atoms with van der Waals surface area (Å²) in [6.07, 6.45) is 4.75. The second-order valence-corrected chi connectivity index (χ2v) is 3.76. The highest BCUT2D eigenvalue weighted by molar-refractivity contribution is 6.17. The molecule has 0 saturated heterocycles. The Morgan fingerprint density at radius 3 is 3.00 bits per heavy atom. The normalized spacial score (nSPS) is 13.1. The summed E-state index contributed by atoms with van der Waals surface area (Å²) in [7, 11) is 1.91. The highest BCUT2D eigenvalue weighted by Crippen LogP contribution is 2.05. The first-order chi connectivity index (χ1) is 6.76. The number of nitrogens with zero attached hydrogens (tertiary/aromatic N) is 2. The summed E-state index contributed by atoms with van der Waals surface area (Å²) in [6, 6.07) is 2.27. The van der Waals surface area contributed by atoms with Crippen molar-refractivity contribution in [2.75, 3.05) is 5.88 Å². The van der Waals surface area contributed by atoms with Gasteiger partial charge >= 0.3 is 0 Å². The maximum atomic E-state index is 5.62. The lowest BCUT2D eigenvalue weighted by Crippen LogP contribution is -2.36. The summed E-state index contributed by atoms with van der Waals surface area (Å²) in [5.41, 5.74) is 3.85. The summed E-state index contributed by atoms with van der Waals surface area (Å²) >= 11 is 5.62. The number of aryl methyl sites for hydroxylation is 1. The molecule has 3 N–H and O–H groups in total. The van der Waals surface area contributed by atoms with Gasteiger partial charge in [-0.15, -0.1) is 11.6 Å². The molecule has 14 heavy (non-hydrogen) atoms. The Morgan fingerprint density at radius 2 is 2.50 bits per heavy atom. The number of hydrogen-bond acceptors (Lipinski definition) is 3.